The van der Waals surface area contributed by atoms with Gasteiger partial charge in [0.25, 0.3) is 0 Å². The highest BCUT2D eigenvalue weighted by Crippen LogP contribution is 2.26. The molecule has 0 amide bonds. The molecule has 0 bridgehead atoms. The summed E-state index contributed by atoms with van der Waals surface area (Å²) in [5.74, 6) is -1.04. The molecule has 0 aromatic heterocycles. The Morgan fingerprint density at radius 3 is 0.984 bits per heavy atom. The van der Waals surface area contributed by atoms with Gasteiger partial charge < -0.3 is 23.7 Å². The fourth-order valence-corrected chi connectivity index (χ4v) is 7.55. The highest BCUT2D eigenvalue weighted by atomic mass is 16.6. The summed E-state index contributed by atoms with van der Waals surface area (Å²) < 4.78 is 28.6. The minimum atomic E-state index is -0.800. The lowest BCUT2D eigenvalue weighted by atomic mass is 9.88. The fourth-order valence-electron chi connectivity index (χ4n) is 7.55. The van der Waals surface area contributed by atoms with Crippen molar-refractivity contribution in [2.45, 2.75) is 278 Å². The van der Waals surface area contributed by atoms with Crippen LogP contribution in [0.2, 0.25) is 0 Å². The van der Waals surface area contributed by atoms with Gasteiger partial charge in [0.05, 0.1) is 5.41 Å². The molecule has 10 heteroatoms. The number of carbonyl (C=O) groups is 5. The van der Waals surface area contributed by atoms with E-state index in [9.17, 15) is 24.0 Å². The Labute approximate surface area is 380 Å². The van der Waals surface area contributed by atoms with Crippen molar-refractivity contribution in [2.24, 2.45) is 5.41 Å². The summed E-state index contributed by atoms with van der Waals surface area (Å²) in [5.41, 5.74) is -0.800. The molecule has 0 aromatic rings. The predicted octanol–water partition coefficient (Wildman–Crippen LogP) is 14.2. The standard InChI is InChI=1S/C52H96O10/c1-7-13-17-29-35-46(62-51(57)41-28-16-10-4)37-31-23-19-21-25-33-39-49(55)60-44-52(12-6,42-58-47(53)11-5)43-59-48(54)38-32-24-20-18-22-30-36-45(34-26-14-8-2)61-50(56)40-27-15-9-3/h45-46H,7-44H2,1-6H3. The van der Waals surface area contributed by atoms with Crippen LogP contribution in [0.5, 0.6) is 0 Å². The van der Waals surface area contributed by atoms with E-state index in [0.29, 0.717) is 32.1 Å². The molecular formula is C52H96O10. The van der Waals surface area contributed by atoms with Gasteiger partial charge in [-0.2, -0.15) is 0 Å². The van der Waals surface area contributed by atoms with Gasteiger partial charge in [-0.3, -0.25) is 24.0 Å². The van der Waals surface area contributed by atoms with Crippen LogP contribution < -0.4 is 0 Å². The maximum absolute atomic E-state index is 12.8. The van der Waals surface area contributed by atoms with E-state index >= 15 is 0 Å². The monoisotopic (exact) mass is 881 g/mol. The highest BCUT2D eigenvalue weighted by molar-refractivity contribution is 5.71. The average Bonchev–Trinajstić information content (AvgIpc) is 3.26. The molecule has 0 heterocycles. The number of hydrogen-bond donors (Lipinski definition) is 0. The quantitative estimate of drug-likeness (QED) is 0.0331. The summed E-state index contributed by atoms with van der Waals surface area (Å²) in [7, 11) is 0. The summed E-state index contributed by atoms with van der Waals surface area (Å²) in [5, 5.41) is 0. The molecule has 0 fully saturated rings. The van der Waals surface area contributed by atoms with Crippen molar-refractivity contribution in [3.05, 3.63) is 0 Å². The molecule has 0 rings (SSSR count). The minimum absolute atomic E-state index is 0.0197. The largest absolute Gasteiger partial charge is 0.465 e. The van der Waals surface area contributed by atoms with Gasteiger partial charge in [0.15, 0.2) is 0 Å². The van der Waals surface area contributed by atoms with Gasteiger partial charge >= 0.3 is 29.8 Å². The van der Waals surface area contributed by atoms with Crippen LogP contribution in [0.15, 0.2) is 0 Å². The molecule has 0 aliphatic heterocycles. The molecule has 10 nitrogen and oxygen atoms in total. The zero-order valence-corrected chi connectivity index (χ0v) is 41.1. The Bertz CT molecular complexity index is 1110. The van der Waals surface area contributed by atoms with Crippen LogP contribution >= 0.6 is 0 Å². The Hall–Kier alpha value is -2.65. The van der Waals surface area contributed by atoms with Crippen LogP contribution in [0, 0.1) is 5.41 Å². The Morgan fingerprint density at radius 2 is 0.613 bits per heavy atom. The molecule has 0 radical (unpaired) electrons. The van der Waals surface area contributed by atoms with Gasteiger partial charge in [-0.05, 0) is 83.5 Å². The molecule has 364 valence electrons. The van der Waals surface area contributed by atoms with E-state index in [1.54, 1.807) is 6.92 Å². The molecule has 3 atom stereocenters. The third-order valence-electron chi connectivity index (χ3n) is 12.0. The number of unbranched alkanes of at least 4 members (excludes halogenated alkanes) is 19. The number of rotatable bonds is 45. The van der Waals surface area contributed by atoms with Gasteiger partial charge in [-0.1, -0.05) is 151 Å². The van der Waals surface area contributed by atoms with E-state index in [2.05, 4.69) is 27.7 Å². The fraction of sp³-hybridized carbons (Fsp3) is 0.904. The average molecular weight is 881 g/mol. The second-order valence-electron chi connectivity index (χ2n) is 18.0. The normalized spacial score (nSPS) is 13.2. The summed E-state index contributed by atoms with van der Waals surface area (Å²) in [6.07, 6.45) is 32.2. The zero-order chi connectivity index (χ0) is 45.9. The van der Waals surface area contributed by atoms with Crippen molar-refractivity contribution in [1.29, 1.82) is 0 Å². The molecular weight excluding hydrogens is 785 g/mol. The lowest BCUT2D eigenvalue weighted by Crippen LogP contribution is -2.39. The number of ether oxygens (including phenoxy) is 5. The first kappa shape index (κ1) is 59.4. The highest BCUT2D eigenvalue weighted by Gasteiger charge is 2.34. The third kappa shape index (κ3) is 35.8. The van der Waals surface area contributed by atoms with Crippen molar-refractivity contribution < 1.29 is 47.7 Å². The summed E-state index contributed by atoms with van der Waals surface area (Å²) in [6, 6.07) is 0. The summed E-state index contributed by atoms with van der Waals surface area (Å²) >= 11 is 0. The van der Waals surface area contributed by atoms with Crippen LogP contribution in [0.25, 0.3) is 0 Å². The smallest absolute Gasteiger partial charge is 0.306 e. The van der Waals surface area contributed by atoms with Crippen LogP contribution in [0.1, 0.15) is 266 Å². The van der Waals surface area contributed by atoms with Gasteiger partial charge in [-0.25, -0.2) is 0 Å². The van der Waals surface area contributed by atoms with E-state index in [-0.39, 0.29) is 68.3 Å². The molecule has 0 N–H and O–H groups in total. The second-order valence-corrected chi connectivity index (χ2v) is 18.0. The Balaban J connectivity index is 4.58. The topological polar surface area (TPSA) is 132 Å². The van der Waals surface area contributed by atoms with E-state index in [1.165, 1.54) is 19.3 Å². The molecule has 0 saturated carbocycles. The first-order chi connectivity index (χ1) is 30.1. The van der Waals surface area contributed by atoms with Gasteiger partial charge in [0, 0.05) is 32.1 Å². The van der Waals surface area contributed by atoms with Crippen LogP contribution in [-0.4, -0.2) is 61.9 Å². The van der Waals surface area contributed by atoms with E-state index in [0.717, 1.165) is 167 Å². The second kappa shape index (κ2) is 42.3. The third-order valence-corrected chi connectivity index (χ3v) is 12.0. The molecule has 0 saturated heterocycles. The van der Waals surface area contributed by atoms with Gasteiger partial charge in [0.2, 0.25) is 0 Å². The summed E-state index contributed by atoms with van der Waals surface area (Å²) in [6.45, 7) is 12.4. The minimum Gasteiger partial charge on any atom is -0.465 e. The number of carbonyl (C=O) groups excluding carboxylic acids is 5. The van der Waals surface area contributed by atoms with E-state index in [1.807, 2.05) is 6.92 Å². The molecule has 0 aliphatic rings. The molecule has 0 spiro atoms. The molecule has 62 heavy (non-hydrogen) atoms. The van der Waals surface area contributed by atoms with Crippen molar-refractivity contribution >= 4 is 29.8 Å². The SMILES string of the molecule is CCCCCCC(CCCCCCCCC(=O)OCC(CC)(COC(=O)CC)COC(=O)CCCCCCCCC(CCCCC)OC(=O)CCCCC)OC(=O)CCCCC. The molecule has 0 aromatic carbocycles. The van der Waals surface area contributed by atoms with Crippen LogP contribution in [-0.2, 0) is 47.7 Å². The Morgan fingerprint density at radius 1 is 0.339 bits per heavy atom. The lowest BCUT2D eigenvalue weighted by Gasteiger charge is -2.31. The van der Waals surface area contributed by atoms with Crippen molar-refractivity contribution in [3.8, 4) is 0 Å². The van der Waals surface area contributed by atoms with Crippen molar-refractivity contribution in [3.63, 3.8) is 0 Å². The van der Waals surface area contributed by atoms with Crippen molar-refractivity contribution in [1.82, 2.24) is 0 Å². The van der Waals surface area contributed by atoms with Gasteiger partial charge in [0.1, 0.15) is 32.0 Å². The first-order valence-electron chi connectivity index (χ1n) is 25.9. The van der Waals surface area contributed by atoms with E-state index in [4.69, 9.17) is 23.7 Å². The van der Waals surface area contributed by atoms with E-state index < -0.39 is 5.41 Å². The zero-order valence-electron chi connectivity index (χ0n) is 41.1. The maximum Gasteiger partial charge on any atom is 0.306 e. The lowest BCUT2D eigenvalue weighted by molar-refractivity contribution is -0.162. The maximum atomic E-state index is 12.8. The van der Waals surface area contributed by atoms with Crippen molar-refractivity contribution in [2.75, 3.05) is 19.8 Å². The van der Waals surface area contributed by atoms with Crippen LogP contribution in [0.3, 0.4) is 0 Å². The summed E-state index contributed by atoms with van der Waals surface area (Å²) in [4.78, 5) is 62.3. The number of esters is 5. The first-order valence-corrected chi connectivity index (χ1v) is 25.9. The Kier molecular flexibility index (Phi) is 40.5. The molecule has 3 unspecified atom stereocenters. The predicted molar refractivity (Wildman–Crippen MR) is 251 cm³/mol. The van der Waals surface area contributed by atoms with Crippen LogP contribution in [0.4, 0.5) is 0 Å². The molecule has 0 aliphatic carbocycles. The van der Waals surface area contributed by atoms with Gasteiger partial charge in [-0.15, -0.1) is 0 Å². The number of hydrogen-bond acceptors (Lipinski definition) is 10.